The standard InChI is InChI=1S/C21H24BrN3O2/c1-2-16-7-9-17(10-8-16)21(27)25-13-11-24(12-14-25)15-20(26)23-19-6-4-3-5-18(19)22/h3-10H,2,11-15H2,1H3,(H,23,26). The molecule has 1 fully saturated rings. The zero-order chi connectivity index (χ0) is 19.2. The lowest BCUT2D eigenvalue weighted by Gasteiger charge is -2.34. The molecule has 1 N–H and O–H groups in total. The van der Waals surface area contributed by atoms with Gasteiger partial charge < -0.3 is 10.2 Å². The average Bonchev–Trinajstić information content (AvgIpc) is 2.70. The minimum Gasteiger partial charge on any atom is -0.336 e. The summed E-state index contributed by atoms with van der Waals surface area (Å²) >= 11 is 3.43. The molecule has 1 aliphatic rings. The molecule has 27 heavy (non-hydrogen) atoms. The van der Waals surface area contributed by atoms with Gasteiger partial charge in [-0.15, -0.1) is 0 Å². The molecule has 2 aromatic carbocycles. The lowest BCUT2D eigenvalue weighted by molar-refractivity contribution is -0.117. The summed E-state index contributed by atoms with van der Waals surface area (Å²) in [4.78, 5) is 28.8. The van der Waals surface area contributed by atoms with Crippen LogP contribution in [-0.2, 0) is 11.2 Å². The predicted molar refractivity (Wildman–Crippen MR) is 111 cm³/mol. The van der Waals surface area contributed by atoms with E-state index in [9.17, 15) is 9.59 Å². The van der Waals surface area contributed by atoms with Crippen molar-refractivity contribution >= 4 is 33.4 Å². The number of halogens is 1. The number of nitrogens with one attached hydrogen (secondary N) is 1. The predicted octanol–water partition coefficient (Wildman–Crippen LogP) is 3.41. The Morgan fingerprint density at radius 3 is 2.30 bits per heavy atom. The minimum absolute atomic E-state index is 0.0446. The molecule has 0 spiro atoms. The largest absolute Gasteiger partial charge is 0.336 e. The molecule has 5 nitrogen and oxygen atoms in total. The van der Waals surface area contributed by atoms with Crippen molar-refractivity contribution in [1.29, 1.82) is 0 Å². The van der Waals surface area contributed by atoms with Crippen molar-refractivity contribution in [2.75, 3.05) is 38.0 Å². The van der Waals surface area contributed by atoms with Crippen LogP contribution in [0.25, 0.3) is 0 Å². The number of carbonyl (C=O) groups is 2. The lowest BCUT2D eigenvalue weighted by atomic mass is 10.1. The molecule has 0 atom stereocenters. The first-order valence-corrected chi connectivity index (χ1v) is 10.0. The fraction of sp³-hybridized carbons (Fsp3) is 0.333. The van der Waals surface area contributed by atoms with Crippen LogP contribution in [0.5, 0.6) is 0 Å². The van der Waals surface area contributed by atoms with Gasteiger partial charge in [-0.2, -0.15) is 0 Å². The Morgan fingerprint density at radius 1 is 1.00 bits per heavy atom. The Morgan fingerprint density at radius 2 is 1.67 bits per heavy atom. The Hall–Kier alpha value is -2.18. The summed E-state index contributed by atoms with van der Waals surface area (Å²) in [7, 11) is 0. The summed E-state index contributed by atoms with van der Waals surface area (Å²) in [6.07, 6.45) is 0.967. The SMILES string of the molecule is CCc1ccc(C(=O)N2CCN(CC(=O)Nc3ccccc3Br)CC2)cc1. The Balaban J connectivity index is 1.48. The van der Waals surface area contributed by atoms with Crippen molar-refractivity contribution in [3.05, 3.63) is 64.1 Å². The number of nitrogens with zero attached hydrogens (tertiary/aromatic N) is 2. The van der Waals surface area contributed by atoms with Crippen molar-refractivity contribution < 1.29 is 9.59 Å². The zero-order valence-corrected chi connectivity index (χ0v) is 17.0. The maximum absolute atomic E-state index is 12.6. The maximum atomic E-state index is 12.6. The molecule has 142 valence electrons. The first-order chi connectivity index (χ1) is 13.1. The second kappa shape index (κ2) is 9.15. The zero-order valence-electron chi connectivity index (χ0n) is 15.5. The van der Waals surface area contributed by atoms with Gasteiger partial charge >= 0.3 is 0 Å². The van der Waals surface area contributed by atoms with Gasteiger partial charge in [-0.05, 0) is 52.2 Å². The van der Waals surface area contributed by atoms with E-state index in [1.165, 1.54) is 5.56 Å². The lowest BCUT2D eigenvalue weighted by Crippen LogP contribution is -2.50. The van der Waals surface area contributed by atoms with Crippen LogP contribution in [0.4, 0.5) is 5.69 Å². The third-order valence-corrected chi connectivity index (χ3v) is 5.48. The fourth-order valence-electron chi connectivity index (χ4n) is 3.13. The summed E-state index contributed by atoms with van der Waals surface area (Å²) in [5.41, 5.74) is 2.73. The molecule has 2 aromatic rings. The Kier molecular flexibility index (Phi) is 6.63. The fourth-order valence-corrected chi connectivity index (χ4v) is 3.51. The summed E-state index contributed by atoms with van der Waals surface area (Å²) in [5.74, 6) is 0.0202. The van der Waals surface area contributed by atoms with Crippen LogP contribution in [0.2, 0.25) is 0 Å². The number of rotatable bonds is 5. The minimum atomic E-state index is -0.0446. The number of hydrogen-bond acceptors (Lipinski definition) is 3. The van der Waals surface area contributed by atoms with E-state index in [4.69, 9.17) is 0 Å². The highest BCUT2D eigenvalue weighted by Gasteiger charge is 2.23. The number of anilines is 1. The molecule has 0 bridgehead atoms. The molecule has 0 aromatic heterocycles. The molecule has 0 unspecified atom stereocenters. The molecule has 1 saturated heterocycles. The second-order valence-electron chi connectivity index (χ2n) is 6.65. The number of aryl methyl sites for hydroxylation is 1. The molecule has 0 saturated carbocycles. The summed E-state index contributed by atoms with van der Waals surface area (Å²) in [6, 6.07) is 15.4. The van der Waals surface area contributed by atoms with Crippen LogP contribution in [-0.4, -0.2) is 54.3 Å². The van der Waals surface area contributed by atoms with Gasteiger partial charge in [0.1, 0.15) is 0 Å². The smallest absolute Gasteiger partial charge is 0.253 e. The third kappa shape index (κ3) is 5.17. The van der Waals surface area contributed by atoms with E-state index in [0.29, 0.717) is 32.7 Å². The van der Waals surface area contributed by atoms with Gasteiger partial charge in [0.25, 0.3) is 5.91 Å². The molecule has 1 heterocycles. The highest BCUT2D eigenvalue weighted by Crippen LogP contribution is 2.21. The summed E-state index contributed by atoms with van der Waals surface area (Å²) < 4.78 is 0.864. The van der Waals surface area contributed by atoms with Gasteiger partial charge in [0.15, 0.2) is 0 Å². The molecule has 3 rings (SSSR count). The van der Waals surface area contributed by atoms with Gasteiger partial charge in [0, 0.05) is 36.2 Å². The molecule has 0 aliphatic carbocycles. The van der Waals surface area contributed by atoms with E-state index >= 15 is 0 Å². The molecule has 2 amide bonds. The first-order valence-electron chi connectivity index (χ1n) is 9.21. The number of amides is 2. The van der Waals surface area contributed by atoms with Crippen LogP contribution in [0.15, 0.2) is 53.0 Å². The number of carbonyl (C=O) groups excluding carboxylic acids is 2. The van der Waals surface area contributed by atoms with E-state index in [0.717, 1.165) is 22.1 Å². The number of piperazine rings is 1. The second-order valence-corrected chi connectivity index (χ2v) is 7.50. The van der Waals surface area contributed by atoms with Crippen molar-refractivity contribution in [1.82, 2.24) is 9.80 Å². The summed E-state index contributed by atoms with van der Waals surface area (Å²) in [6.45, 7) is 5.09. The number of para-hydroxylation sites is 1. The van der Waals surface area contributed by atoms with Gasteiger partial charge in [0.05, 0.1) is 12.2 Å². The van der Waals surface area contributed by atoms with Crippen molar-refractivity contribution in [2.24, 2.45) is 0 Å². The van der Waals surface area contributed by atoms with Gasteiger partial charge in [-0.3, -0.25) is 14.5 Å². The number of benzene rings is 2. The van der Waals surface area contributed by atoms with Crippen LogP contribution in [0.3, 0.4) is 0 Å². The molecule has 6 heteroatoms. The molecule has 0 radical (unpaired) electrons. The topological polar surface area (TPSA) is 52.7 Å². The molecular weight excluding hydrogens is 406 g/mol. The van der Waals surface area contributed by atoms with E-state index in [-0.39, 0.29) is 11.8 Å². The highest BCUT2D eigenvalue weighted by molar-refractivity contribution is 9.10. The quantitative estimate of drug-likeness (QED) is 0.791. The molecule has 1 aliphatic heterocycles. The van der Waals surface area contributed by atoms with Gasteiger partial charge in [0.2, 0.25) is 5.91 Å². The van der Waals surface area contributed by atoms with E-state index < -0.39 is 0 Å². The van der Waals surface area contributed by atoms with Crippen molar-refractivity contribution in [2.45, 2.75) is 13.3 Å². The van der Waals surface area contributed by atoms with E-state index in [1.54, 1.807) is 0 Å². The van der Waals surface area contributed by atoms with E-state index in [2.05, 4.69) is 33.1 Å². The van der Waals surface area contributed by atoms with Gasteiger partial charge in [-0.25, -0.2) is 0 Å². The van der Waals surface area contributed by atoms with Crippen molar-refractivity contribution in [3.63, 3.8) is 0 Å². The number of hydrogen-bond donors (Lipinski definition) is 1. The van der Waals surface area contributed by atoms with Crippen LogP contribution < -0.4 is 5.32 Å². The highest BCUT2D eigenvalue weighted by atomic mass is 79.9. The monoisotopic (exact) mass is 429 g/mol. The third-order valence-electron chi connectivity index (χ3n) is 4.78. The van der Waals surface area contributed by atoms with Gasteiger partial charge in [-0.1, -0.05) is 31.2 Å². The van der Waals surface area contributed by atoms with Crippen molar-refractivity contribution in [3.8, 4) is 0 Å². The maximum Gasteiger partial charge on any atom is 0.253 e. The van der Waals surface area contributed by atoms with Crippen LogP contribution in [0.1, 0.15) is 22.8 Å². The van der Waals surface area contributed by atoms with Crippen LogP contribution >= 0.6 is 15.9 Å². The normalized spacial score (nSPS) is 14.8. The summed E-state index contributed by atoms with van der Waals surface area (Å²) in [5, 5.41) is 2.92. The van der Waals surface area contributed by atoms with E-state index in [1.807, 2.05) is 53.4 Å². The average molecular weight is 430 g/mol. The molecular formula is C21H24BrN3O2. The Bertz CT molecular complexity index is 799. The van der Waals surface area contributed by atoms with Crippen LogP contribution in [0, 0.1) is 0 Å². The first kappa shape index (κ1) is 19.6. The Labute approximate surface area is 168 Å².